The van der Waals surface area contributed by atoms with E-state index in [1.165, 1.54) is 12.5 Å². The molecule has 3 nitrogen and oxygen atoms in total. The molecule has 20 heavy (non-hydrogen) atoms. The number of aromatic amines is 1. The molecule has 1 heterocycles. The van der Waals surface area contributed by atoms with Crippen LogP contribution in [0.4, 0.5) is 4.39 Å². The van der Waals surface area contributed by atoms with E-state index in [0.717, 1.165) is 35.4 Å². The fourth-order valence-electron chi connectivity index (χ4n) is 2.87. The van der Waals surface area contributed by atoms with Crippen molar-refractivity contribution in [2.24, 2.45) is 0 Å². The van der Waals surface area contributed by atoms with Crippen molar-refractivity contribution in [3.8, 4) is 11.3 Å². The number of aromatic nitrogens is 2. The molecule has 0 radical (unpaired) electrons. The number of nitrogens with zero attached hydrogens (tertiary/aromatic N) is 1. The van der Waals surface area contributed by atoms with E-state index >= 15 is 0 Å². The first kappa shape index (κ1) is 13.8. The van der Waals surface area contributed by atoms with Gasteiger partial charge in [0.25, 0.3) is 0 Å². The van der Waals surface area contributed by atoms with Crippen LogP contribution >= 0.6 is 15.9 Å². The lowest BCUT2D eigenvalue weighted by atomic mass is 9.68. The van der Waals surface area contributed by atoms with Gasteiger partial charge >= 0.3 is 0 Å². The Balaban J connectivity index is 1.96. The summed E-state index contributed by atoms with van der Waals surface area (Å²) in [7, 11) is 1.96. The second-order valence-corrected chi connectivity index (χ2v) is 6.35. The highest BCUT2D eigenvalue weighted by Crippen LogP contribution is 2.42. The Kier molecular flexibility index (Phi) is 3.65. The minimum atomic E-state index is -0.236. The lowest BCUT2D eigenvalue weighted by Gasteiger charge is -2.40. The molecule has 1 saturated carbocycles. The van der Waals surface area contributed by atoms with Crippen molar-refractivity contribution in [3.63, 3.8) is 0 Å². The summed E-state index contributed by atoms with van der Waals surface area (Å²) in [6.07, 6.45) is 5.21. The molecule has 0 aliphatic heterocycles. The zero-order valence-corrected chi connectivity index (χ0v) is 12.9. The standard InChI is InChI=1S/C15H17BrFN3/c1-18-9-15(5-2-6-15)14-19-8-13(20-14)11-7-10(16)3-4-12(11)17/h3-4,7-8,18H,2,5-6,9H2,1H3,(H,19,20). The highest BCUT2D eigenvalue weighted by molar-refractivity contribution is 9.10. The van der Waals surface area contributed by atoms with Crippen molar-refractivity contribution >= 4 is 15.9 Å². The van der Waals surface area contributed by atoms with Gasteiger partial charge in [0.1, 0.15) is 11.6 Å². The molecule has 5 heteroatoms. The molecule has 2 aromatic rings. The molecular formula is C15H17BrFN3. The van der Waals surface area contributed by atoms with Crippen LogP contribution in [0.15, 0.2) is 28.9 Å². The molecular weight excluding hydrogens is 321 g/mol. The molecule has 0 unspecified atom stereocenters. The van der Waals surface area contributed by atoms with E-state index in [1.807, 2.05) is 7.05 Å². The Hall–Kier alpha value is -1.20. The molecule has 0 spiro atoms. The van der Waals surface area contributed by atoms with Gasteiger partial charge in [-0.1, -0.05) is 22.4 Å². The summed E-state index contributed by atoms with van der Waals surface area (Å²) in [5, 5.41) is 3.24. The van der Waals surface area contributed by atoms with Gasteiger partial charge in [0, 0.05) is 22.0 Å². The van der Waals surface area contributed by atoms with Crippen LogP contribution in [0.25, 0.3) is 11.3 Å². The highest BCUT2D eigenvalue weighted by atomic mass is 79.9. The zero-order valence-electron chi connectivity index (χ0n) is 11.3. The molecule has 1 aliphatic carbocycles. The predicted molar refractivity (Wildman–Crippen MR) is 81.1 cm³/mol. The summed E-state index contributed by atoms with van der Waals surface area (Å²) in [6.45, 7) is 0.904. The van der Waals surface area contributed by atoms with E-state index in [0.29, 0.717) is 5.56 Å². The van der Waals surface area contributed by atoms with Crippen molar-refractivity contribution in [3.05, 3.63) is 40.5 Å². The third kappa shape index (κ3) is 2.29. The van der Waals surface area contributed by atoms with Crippen LogP contribution in [0.5, 0.6) is 0 Å². The zero-order chi connectivity index (χ0) is 14.2. The van der Waals surface area contributed by atoms with Crippen LogP contribution < -0.4 is 5.32 Å². The second kappa shape index (κ2) is 5.30. The Labute approximate surface area is 126 Å². The molecule has 1 aromatic heterocycles. The Morgan fingerprint density at radius 2 is 2.25 bits per heavy atom. The van der Waals surface area contributed by atoms with Crippen molar-refractivity contribution in [1.82, 2.24) is 15.3 Å². The number of imidazole rings is 1. The number of H-pyrrole nitrogens is 1. The lowest BCUT2D eigenvalue weighted by molar-refractivity contribution is 0.226. The molecule has 2 N–H and O–H groups in total. The maximum absolute atomic E-state index is 13.9. The summed E-state index contributed by atoms with van der Waals surface area (Å²) >= 11 is 3.38. The highest BCUT2D eigenvalue weighted by Gasteiger charge is 2.40. The number of benzene rings is 1. The number of hydrogen-bond acceptors (Lipinski definition) is 2. The van der Waals surface area contributed by atoms with Gasteiger partial charge in [0.15, 0.2) is 0 Å². The second-order valence-electron chi connectivity index (χ2n) is 5.43. The third-order valence-electron chi connectivity index (χ3n) is 4.12. The average molecular weight is 338 g/mol. The van der Waals surface area contributed by atoms with Crippen molar-refractivity contribution in [2.75, 3.05) is 13.6 Å². The summed E-state index contributed by atoms with van der Waals surface area (Å²) in [4.78, 5) is 7.81. The van der Waals surface area contributed by atoms with Crippen LogP contribution in [0.3, 0.4) is 0 Å². The number of halogens is 2. The van der Waals surface area contributed by atoms with E-state index in [2.05, 4.69) is 31.2 Å². The van der Waals surface area contributed by atoms with Gasteiger partial charge in [0.05, 0.1) is 11.9 Å². The number of hydrogen-bond donors (Lipinski definition) is 2. The number of rotatable bonds is 4. The largest absolute Gasteiger partial charge is 0.341 e. The van der Waals surface area contributed by atoms with E-state index in [4.69, 9.17) is 0 Å². The van der Waals surface area contributed by atoms with Gasteiger partial charge in [0.2, 0.25) is 0 Å². The van der Waals surface area contributed by atoms with Crippen molar-refractivity contribution in [2.45, 2.75) is 24.7 Å². The fraction of sp³-hybridized carbons (Fsp3) is 0.400. The van der Waals surface area contributed by atoms with Crippen LogP contribution in [-0.2, 0) is 5.41 Å². The van der Waals surface area contributed by atoms with E-state index in [9.17, 15) is 4.39 Å². The summed E-state index contributed by atoms with van der Waals surface area (Å²) in [6, 6.07) is 4.94. The maximum atomic E-state index is 13.9. The Morgan fingerprint density at radius 1 is 1.45 bits per heavy atom. The SMILES string of the molecule is CNCC1(c2ncc(-c3cc(Br)ccc3F)[nH]2)CCC1. The lowest BCUT2D eigenvalue weighted by Crippen LogP contribution is -2.43. The van der Waals surface area contributed by atoms with Gasteiger partial charge < -0.3 is 10.3 Å². The minimum absolute atomic E-state index is 0.0927. The smallest absolute Gasteiger partial charge is 0.132 e. The fourth-order valence-corrected chi connectivity index (χ4v) is 3.23. The van der Waals surface area contributed by atoms with Crippen LogP contribution in [0, 0.1) is 5.82 Å². The molecule has 1 aliphatic rings. The first-order valence-corrected chi connectivity index (χ1v) is 7.59. The predicted octanol–water partition coefficient (Wildman–Crippen LogP) is 3.62. The molecule has 0 saturated heterocycles. The normalized spacial score (nSPS) is 16.9. The quantitative estimate of drug-likeness (QED) is 0.894. The van der Waals surface area contributed by atoms with E-state index < -0.39 is 0 Å². The molecule has 1 fully saturated rings. The number of nitrogens with one attached hydrogen (secondary N) is 2. The summed E-state index contributed by atoms with van der Waals surface area (Å²) in [5.74, 6) is 0.729. The topological polar surface area (TPSA) is 40.7 Å². The molecule has 0 atom stereocenters. The van der Waals surface area contributed by atoms with Gasteiger partial charge in [-0.3, -0.25) is 0 Å². The van der Waals surface area contributed by atoms with Crippen molar-refractivity contribution < 1.29 is 4.39 Å². The monoisotopic (exact) mass is 337 g/mol. The first-order chi connectivity index (χ1) is 9.64. The minimum Gasteiger partial charge on any atom is -0.341 e. The molecule has 3 rings (SSSR count). The van der Waals surface area contributed by atoms with Crippen LogP contribution in [0.1, 0.15) is 25.1 Å². The van der Waals surface area contributed by atoms with E-state index in [-0.39, 0.29) is 11.2 Å². The van der Waals surface area contributed by atoms with Crippen LogP contribution in [-0.4, -0.2) is 23.6 Å². The van der Waals surface area contributed by atoms with Gasteiger partial charge in [-0.2, -0.15) is 0 Å². The summed E-state index contributed by atoms with van der Waals surface area (Å²) in [5.41, 5.74) is 1.38. The van der Waals surface area contributed by atoms with Crippen molar-refractivity contribution in [1.29, 1.82) is 0 Å². The number of likely N-dealkylation sites (N-methyl/N-ethyl adjacent to an activating group) is 1. The molecule has 0 bridgehead atoms. The molecule has 1 aromatic carbocycles. The summed E-state index contributed by atoms with van der Waals surface area (Å²) < 4.78 is 14.8. The molecule has 0 amide bonds. The Morgan fingerprint density at radius 3 is 2.90 bits per heavy atom. The molecule has 106 valence electrons. The first-order valence-electron chi connectivity index (χ1n) is 6.80. The van der Waals surface area contributed by atoms with E-state index in [1.54, 1.807) is 18.3 Å². The van der Waals surface area contributed by atoms with Gasteiger partial charge in [-0.25, -0.2) is 9.37 Å². The maximum Gasteiger partial charge on any atom is 0.132 e. The van der Waals surface area contributed by atoms with Gasteiger partial charge in [-0.05, 0) is 38.1 Å². The van der Waals surface area contributed by atoms with Gasteiger partial charge in [-0.15, -0.1) is 0 Å². The van der Waals surface area contributed by atoms with Crippen LogP contribution in [0.2, 0.25) is 0 Å². The third-order valence-corrected chi connectivity index (χ3v) is 4.62. The Bertz CT molecular complexity index is 619. The average Bonchev–Trinajstić information content (AvgIpc) is 2.86.